The summed E-state index contributed by atoms with van der Waals surface area (Å²) in [6, 6.07) is 17.0. The minimum absolute atomic E-state index is 0.0405. The van der Waals surface area contributed by atoms with Crippen LogP contribution in [0.5, 0.6) is 0 Å². The molecule has 0 spiro atoms. The average molecular weight is 357 g/mol. The zero-order chi connectivity index (χ0) is 18.5. The average Bonchev–Trinajstić information content (AvgIpc) is 2.55. The van der Waals surface area contributed by atoms with Crippen LogP contribution in [0.4, 0.5) is 4.39 Å². The van der Waals surface area contributed by atoms with Crippen molar-refractivity contribution in [1.29, 1.82) is 0 Å². The minimum Gasteiger partial charge on any atom is -0.410 e. The molecular formula is C22H29FOSi. The summed E-state index contributed by atoms with van der Waals surface area (Å²) in [5.41, 5.74) is 2.21. The fourth-order valence-electron chi connectivity index (χ4n) is 2.35. The van der Waals surface area contributed by atoms with Crippen LogP contribution in [0.1, 0.15) is 44.4 Å². The summed E-state index contributed by atoms with van der Waals surface area (Å²) in [7, 11) is -1.87. The lowest BCUT2D eigenvalue weighted by atomic mass is 10.1. The second kappa shape index (κ2) is 8.11. The first kappa shape index (κ1) is 19.6. The highest BCUT2D eigenvalue weighted by Gasteiger charge is 2.39. The molecular weight excluding hydrogens is 327 g/mol. The molecule has 0 aromatic heterocycles. The Hall–Kier alpha value is -1.71. The maximum absolute atomic E-state index is 13.0. The molecule has 1 atom stereocenters. The Morgan fingerprint density at radius 3 is 2.16 bits per heavy atom. The smallest absolute Gasteiger partial charge is 0.192 e. The zero-order valence-corrected chi connectivity index (χ0v) is 16.9. The van der Waals surface area contributed by atoms with Gasteiger partial charge >= 0.3 is 0 Å². The fourth-order valence-corrected chi connectivity index (χ4v) is 3.65. The van der Waals surface area contributed by atoms with Gasteiger partial charge in [-0.15, -0.1) is 0 Å². The first-order chi connectivity index (χ1) is 11.7. The van der Waals surface area contributed by atoms with Crippen molar-refractivity contribution in [3.63, 3.8) is 0 Å². The van der Waals surface area contributed by atoms with E-state index in [4.69, 9.17) is 4.43 Å². The number of hydrogen-bond donors (Lipinski definition) is 0. The Bertz CT molecular complexity index is 684. The molecule has 2 aromatic rings. The highest BCUT2D eigenvalue weighted by Crippen LogP contribution is 2.40. The molecule has 1 unspecified atom stereocenters. The van der Waals surface area contributed by atoms with Gasteiger partial charge in [-0.25, -0.2) is 4.39 Å². The second-order valence-electron chi connectivity index (χ2n) is 7.97. The van der Waals surface area contributed by atoms with Gasteiger partial charge in [-0.3, -0.25) is 0 Å². The van der Waals surface area contributed by atoms with Crippen LogP contribution in [0.3, 0.4) is 0 Å². The molecule has 0 N–H and O–H groups in total. The van der Waals surface area contributed by atoms with Crippen molar-refractivity contribution < 1.29 is 8.82 Å². The molecule has 1 nitrogen and oxygen atoms in total. The van der Waals surface area contributed by atoms with Crippen LogP contribution >= 0.6 is 0 Å². The van der Waals surface area contributed by atoms with Gasteiger partial charge < -0.3 is 4.43 Å². The van der Waals surface area contributed by atoms with Gasteiger partial charge in [0.2, 0.25) is 0 Å². The van der Waals surface area contributed by atoms with E-state index < -0.39 is 8.32 Å². The lowest BCUT2D eigenvalue weighted by Crippen LogP contribution is -2.41. The number of benzene rings is 2. The Kier molecular flexibility index (Phi) is 6.36. The highest BCUT2D eigenvalue weighted by atomic mass is 28.4. The Morgan fingerprint density at radius 1 is 1.00 bits per heavy atom. The van der Waals surface area contributed by atoms with Gasteiger partial charge in [-0.1, -0.05) is 75.4 Å². The van der Waals surface area contributed by atoms with E-state index in [1.165, 1.54) is 17.7 Å². The summed E-state index contributed by atoms with van der Waals surface area (Å²) in [6.07, 6.45) is 5.00. The summed E-state index contributed by atoms with van der Waals surface area (Å²) in [5.74, 6) is -0.208. The number of hydrogen-bond acceptors (Lipinski definition) is 1. The predicted molar refractivity (Wildman–Crippen MR) is 108 cm³/mol. The van der Waals surface area contributed by atoms with E-state index in [9.17, 15) is 4.39 Å². The van der Waals surface area contributed by atoms with Gasteiger partial charge in [0.25, 0.3) is 0 Å². The topological polar surface area (TPSA) is 9.23 Å². The molecule has 2 aromatic carbocycles. The number of halogens is 1. The molecule has 0 saturated carbocycles. The van der Waals surface area contributed by atoms with Crippen molar-refractivity contribution in [1.82, 2.24) is 0 Å². The summed E-state index contributed by atoms with van der Waals surface area (Å²) in [5, 5.41) is 0.167. The molecule has 134 valence electrons. The van der Waals surface area contributed by atoms with E-state index in [-0.39, 0.29) is 17.0 Å². The zero-order valence-electron chi connectivity index (χ0n) is 15.9. The van der Waals surface area contributed by atoms with Gasteiger partial charge in [0.15, 0.2) is 8.32 Å². The van der Waals surface area contributed by atoms with Crippen LogP contribution in [0.15, 0.2) is 60.7 Å². The molecule has 0 aliphatic carbocycles. The number of rotatable bonds is 6. The quantitative estimate of drug-likeness (QED) is 0.507. The summed E-state index contributed by atoms with van der Waals surface area (Å²) >= 11 is 0. The molecule has 0 fully saturated rings. The SMILES string of the molecule is CC(C)(C)[Si](C)(C)OC(C/C=C/c1ccc(F)cc1)c1ccccc1. The van der Waals surface area contributed by atoms with Gasteiger partial charge in [-0.2, -0.15) is 0 Å². The van der Waals surface area contributed by atoms with Gasteiger partial charge in [0.05, 0.1) is 6.10 Å². The first-order valence-electron chi connectivity index (χ1n) is 8.84. The molecule has 25 heavy (non-hydrogen) atoms. The molecule has 2 rings (SSSR count). The van der Waals surface area contributed by atoms with Crippen LogP contribution in [0.2, 0.25) is 18.1 Å². The largest absolute Gasteiger partial charge is 0.410 e. The monoisotopic (exact) mass is 356 g/mol. The summed E-state index contributed by atoms with van der Waals surface area (Å²) in [4.78, 5) is 0. The van der Waals surface area contributed by atoms with Gasteiger partial charge in [-0.05, 0) is 47.8 Å². The van der Waals surface area contributed by atoms with E-state index >= 15 is 0 Å². The third-order valence-electron chi connectivity index (χ3n) is 4.94. The standard InChI is InChI=1S/C22H29FOSi/c1-22(2,3)25(4,5)24-21(19-11-7-6-8-12-19)13-9-10-18-14-16-20(23)17-15-18/h6-12,14-17,21H,13H2,1-5H3/b10-9+. The van der Waals surface area contributed by atoms with Crippen LogP contribution in [0, 0.1) is 5.82 Å². The van der Waals surface area contributed by atoms with Crippen molar-refractivity contribution >= 4 is 14.4 Å². The van der Waals surface area contributed by atoms with Crippen molar-refractivity contribution in [3.8, 4) is 0 Å². The van der Waals surface area contributed by atoms with Crippen LogP contribution in [0.25, 0.3) is 6.08 Å². The molecule has 0 bridgehead atoms. The molecule has 0 amide bonds. The summed E-state index contributed by atoms with van der Waals surface area (Å²) in [6.45, 7) is 11.3. The Balaban J connectivity index is 2.16. The van der Waals surface area contributed by atoms with E-state index in [2.05, 4.69) is 64.2 Å². The van der Waals surface area contributed by atoms with E-state index in [1.54, 1.807) is 12.1 Å². The van der Waals surface area contributed by atoms with Crippen LogP contribution < -0.4 is 0 Å². The third-order valence-corrected chi connectivity index (χ3v) is 9.43. The van der Waals surface area contributed by atoms with Crippen molar-refractivity contribution in [2.45, 2.75) is 51.4 Å². The minimum atomic E-state index is -1.87. The lowest BCUT2D eigenvalue weighted by molar-refractivity contribution is 0.187. The van der Waals surface area contributed by atoms with Gasteiger partial charge in [0.1, 0.15) is 5.82 Å². The van der Waals surface area contributed by atoms with Crippen LogP contribution in [-0.2, 0) is 4.43 Å². The van der Waals surface area contributed by atoms with Crippen molar-refractivity contribution in [2.75, 3.05) is 0 Å². The van der Waals surface area contributed by atoms with Gasteiger partial charge in [0, 0.05) is 0 Å². The van der Waals surface area contributed by atoms with E-state index in [1.807, 2.05) is 12.1 Å². The Morgan fingerprint density at radius 2 is 1.60 bits per heavy atom. The predicted octanol–water partition coefficient (Wildman–Crippen LogP) is 6.99. The van der Waals surface area contributed by atoms with E-state index in [0.29, 0.717) is 0 Å². The molecule has 0 aliphatic rings. The molecule has 0 heterocycles. The van der Waals surface area contributed by atoms with Crippen molar-refractivity contribution in [3.05, 3.63) is 77.6 Å². The normalized spacial score (nSPS) is 14.0. The van der Waals surface area contributed by atoms with Crippen LogP contribution in [-0.4, -0.2) is 8.32 Å². The fraction of sp³-hybridized carbons (Fsp3) is 0.364. The summed E-state index contributed by atoms with van der Waals surface area (Å²) < 4.78 is 19.7. The maximum atomic E-state index is 13.0. The molecule has 0 radical (unpaired) electrons. The molecule has 3 heteroatoms. The third kappa shape index (κ3) is 5.65. The highest BCUT2D eigenvalue weighted by molar-refractivity contribution is 6.74. The van der Waals surface area contributed by atoms with E-state index in [0.717, 1.165) is 12.0 Å². The molecule has 0 saturated heterocycles. The molecule has 0 aliphatic heterocycles. The lowest BCUT2D eigenvalue weighted by Gasteiger charge is -2.39. The Labute approximate surface area is 152 Å². The first-order valence-corrected chi connectivity index (χ1v) is 11.7. The second-order valence-corrected chi connectivity index (χ2v) is 12.7. The van der Waals surface area contributed by atoms with Crippen molar-refractivity contribution in [2.24, 2.45) is 0 Å². The maximum Gasteiger partial charge on any atom is 0.192 e.